The Morgan fingerprint density at radius 3 is 2.79 bits per heavy atom. The summed E-state index contributed by atoms with van der Waals surface area (Å²) in [6.45, 7) is 5.72. The Bertz CT molecular complexity index is 597. The molecule has 2 atom stereocenters. The molecule has 4 rings (SSSR count). The molecule has 2 aromatic heterocycles. The number of nitrogens with zero attached hydrogens (tertiary/aromatic N) is 3. The third-order valence-electron chi connectivity index (χ3n) is 4.32. The van der Waals surface area contributed by atoms with Crippen LogP contribution in [0.1, 0.15) is 5.69 Å². The zero-order valence-corrected chi connectivity index (χ0v) is 11.5. The molecule has 0 aromatic carbocycles. The molecule has 100 valence electrons. The second kappa shape index (κ2) is 4.47. The highest BCUT2D eigenvalue weighted by molar-refractivity contribution is 6.30. The third-order valence-corrected chi connectivity index (χ3v) is 4.54. The fraction of sp³-hybridized carbons (Fsp3) is 0.500. The van der Waals surface area contributed by atoms with Gasteiger partial charge in [-0.15, -0.1) is 0 Å². The van der Waals surface area contributed by atoms with Crippen molar-refractivity contribution in [3.05, 3.63) is 35.2 Å². The molecule has 2 saturated heterocycles. The normalized spacial score (nSPS) is 27.2. The minimum absolute atomic E-state index is 0.748. The topological polar surface area (TPSA) is 32.6 Å². The lowest BCUT2D eigenvalue weighted by Crippen LogP contribution is -2.25. The average molecular weight is 277 g/mol. The van der Waals surface area contributed by atoms with Gasteiger partial charge in [0.05, 0.1) is 10.7 Å². The van der Waals surface area contributed by atoms with Gasteiger partial charge in [0.25, 0.3) is 0 Å². The van der Waals surface area contributed by atoms with Crippen molar-refractivity contribution in [1.29, 1.82) is 0 Å². The minimum Gasteiger partial charge on any atom is -0.316 e. The number of hydrogen-bond donors (Lipinski definition) is 1. The fourth-order valence-corrected chi connectivity index (χ4v) is 3.57. The minimum atomic E-state index is 0.748. The van der Waals surface area contributed by atoms with Crippen molar-refractivity contribution in [1.82, 2.24) is 19.6 Å². The standard InChI is InChI=1S/C14H17ClN4/c15-12-1-2-14-17-13(9-19(14)7-12)8-18-5-10-3-16-4-11(10)6-18/h1-2,7,9-11,16H,3-6,8H2. The van der Waals surface area contributed by atoms with E-state index in [0.717, 1.165) is 34.7 Å². The summed E-state index contributed by atoms with van der Waals surface area (Å²) in [5.74, 6) is 1.68. The van der Waals surface area contributed by atoms with E-state index in [1.165, 1.54) is 26.2 Å². The molecule has 2 fully saturated rings. The lowest BCUT2D eigenvalue weighted by atomic mass is 10.0. The molecular formula is C14H17ClN4. The number of nitrogens with one attached hydrogen (secondary N) is 1. The number of rotatable bonds is 2. The second-order valence-electron chi connectivity index (χ2n) is 5.72. The first-order chi connectivity index (χ1) is 9.28. The van der Waals surface area contributed by atoms with Crippen LogP contribution in [0.15, 0.2) is 24.5 Å². The maximum atomic E-state index is 6.00. The highest BCUT2D eigenvalue weighted by Gasteiger charge is 2.35. The van der Waals surface area contributed by atoms with Gasteiger partial charge >= 0.3 is 0 Å². The number of pyridine rings is 1. The van der Waals surface area contributed by atoms with Gasteiger partial charge in [0.15, 0.2) is 0 Å². The maximum Gasteiger partial charge on any atom is 0.137 e. The first-order valence-electron chi connectivity index (χ1n) is 6.84. The Hall–Kier alpha value is -1.10. The Morgan fingerprint density at radius 1 is 1.21 bits per heavy atom. The summed E-state index contributed by atoms with van der Waals surface area (Å²) in [4.78, 5) is 7.19. The van der Waals surface area contributed by atoms with Crippen LogP contribution in [0.25, 0.3) is 5.65 Å². The molecule has 2 unspecified atom stereocenters. The SMILES string of the molecule is Clc1ccc2nc(CN3CC4CNCC4C3)cn2c1. The van der Waals surface area contributed by atoms with Gasteiger partial charge in [0.2, 0.25) is 0 Å². The number of aromatic nitrogens is 2. The number of hydrogen-bond acceptors (Lipinski definition) is 3. The lowest BCUT2D eigenvalue weighted by molar-refractivity contribution is 0.302. The van der Waals surface area contributed by atoms with Crippen LogP contribution in [-0.4, -0.2) is 40.5 Å². The van der Waals surface area contributed by atoms with Gasteiger partial charge in [-0.05, 0) is 37.1 Å². The molecule has 1 N–H and O–H groups in total. The first-order valence-corrected chi connectivity index (χ1v) is 7.22. The summed E-state index contributed by atoms with van der Waals surface area (Å²) in [6, 6.07) is 3.86. The van der Waals surface area contributed by atoms with Crippen LogP contribution >= 0.6 is 11.6 Å². The van der Waals surface area contributed by atoms with E-state index in [1.54, 1.807) is 0 Å². The number of likely N-dealkylation sites (tertiary alicyclic amines) is 1. The van der Waals surface area contributed by atoms with Crippen molar-refractivity contribution in [3.8, 4) is 0 Å². The van der Waals surface area contributed by atoms with Gasteiger partial charge in [0.1, 0.15) is 5.65 Å². The zero-order valence-electron chi connectivity index (χ0n) is 10.7. The number of halogens is 1. The van der Waals surface area contributed by atoms with E-state index in [2.05, 4.69) is 21.4 Å². The Labute approximate surface area is 117 Å². The van der Waals surface area contributed by atoms with Crippen molar-refractivity contribution in [2.24, 2.45) is 11.8 Å². The van der Waals surface area contributed by atoms with Crippen LogP contribution in [0, 0.1) is 11.8 Å². The predicted octanol–water partition coefficient (Wildman–Crippen LogP) is 1.64. The van der Waals surface area contributed by atoms with Crippen LogP contribution in [-0.2, 0) is 6.54 Å². The van der Waals surface area contributed by atoms with E-state index in [-0.39, 0.29) is 0 Å². The van der Waals surface area contributed by atoms with Gasteiger partial charge in [-0.1, -0.05) is 11.6 Å². The molecule has 19 heavy (non-hydrogen) atoms. The molecule has 0 radical (unpaired) electrons. The Kier molecular flexibility index (Phi) is 2.76. The van der Waals surface area contributed by atoms with Gasteiger partial charge in [-0.2, -0.15) is 0 Å². The largest absolute Gasteiger partial charge is 0.316 e. The number of imidazole rings is 1. The molecule has 2 aliphatic rings. The predicted molar refractivity (Wildman–Crippen MR) is 75.3 cm³/mol. The molecule has 0 saturated carbocycles. The Morgan fingerprint density at radius 2 is 2.00 bits per heavy atom. The van der Waals surface area contributed by atoms with E-state index in [9.17, 15) is 0 Å². The zero-order chi connectivity index (χ0) is 12.8. The molecule has 0 bridgehead atoms. The summed E-state index contributed by atoms with van der Waals surface area (Å²) in [6.07, 6.45) is 4.00. The molecule has 2 aromatic rings. The van der Waals surface area contributed by atoms with Crippen LogP contribution < -0.4 is 5.32 Å². The lowest BCUT2D eigenvalue weighted by Gasteiger charge is -2.14. The van der Waals surface area contributed by atoms with Crippen molar-refractivity contribution in [2.75, 3.05) is 26.2 Å². The average Bonchev–Trinajstić information content (AvgIpc) is 3.01. The first kappa shape index (κ1) is 11.7. The maximum absolute atomic E-state index is 6.00. The van der Waals surface area contributed by atoms with Crippen LogP contribution in [0.3, 0.4) is 0 Å². The van der Waals surface area contributed by atoms with E-state index < -0.39 is 0 Å². The molecule has 0 spiro atoms. The van der Waals surface area contributed by atoms with E-state index in [0.29, 0.717) is 0 Å². The second-order valence-corrected chi connectivity index (χ2v) is 6.15. The summed E-state index contributed by atoms with van der Waals surface area (Å²) < 4.78 is 2.01. The van der Waals surface area contributed by atoms with Crippen LogP contribution in [0.5, 0.6) is 0 Å². The third kappa shape index (κ3) is 2.14. The summed E-state index contributed by atoms with van der Waals surface area (Å²) in [5, 5.41) is 4.22. The van der Waals surface area contributed by atoms with Crippen molar-refractivity contribution < 1.29 is 0 Å². The molecule has 0 aliphatic carbocycles. The fourth-order valence-electron chi connectivity index (χ4n) is 3.40. The quantitative estimate of drug-likeness (QED) is 0.905. The highest BCUT2D eigenvalue weighted by Crippen LogP contribution is 2.27. The van der Waals surface area contributed by atoms with Gasteiger partial charge in [-0.25, -0.2) is 4.98 Å². The van der Waals surface area contributed by atoms with Crippen LogP contribution in [0.2, 0.25) is 5.02 Å². The molecule has 0 amide bonds. The molecule has 4 heterocycles. The molecule has 2 aliphatic heterocycles. The smallest absolute Gasteiger partial charge is 0.137 e. The van der Waals surface area contributed by atoms with Crippen LogP contribution in [0.4, 0.5) is 0 Å². The van der Waals surface area contributed by atoms with Gasteiger partial charge in [0, 0.05) is 32.0 Å². The van der Waals surface area contributed by atoms with Gasteiger partial charge in [-0.3, -0.25) is 4.90 Å². The Balaban J connectivity index is 1.52. The molecular weight excluding hydrogens is 260 g/mol. The van der Waals surface area contributed by atoms with Gasteiger partial charge < -0.3 is 9.72 Å². The van der Waals surface area contributed by atoms with E-state index in [4.69, 9.17) is 11.6 Å². The molecule has 4 nitrogen and oxygen atoms in total. The van der Waals surface area contributed by atoms with Crippen molar-refractivity contribution >= 4 is 17.2 Å². The van der Waals surface area contributed by atoms with Crippen molar-refractivity contribution in [3.63, 3.8) is 0 Å². The van der Waals surface area contributed by atoms with E-state index in [1.807, 2.05) is 22.7 Å². The summed E-state index contributed by atoms with van der Waals surface area (Å²) >= 11 is 6.00. The molecule has 5 heteroatoms. The van der Waals surface area contributed by atoms with E-state index >= 15 is 0 Å². The number of fused-ring (bicyclic) bond motifs is 2. The summed E-state index contributed by atoms with van der Waals surface area (Å²) in [5.41, 5.74) is 2.11. The summed E-state index contributed by atoms with van der Waals surface area (Å²) in [7, 11) is 0. The van der Waals surface area contributed by atoms with Crippen molar-refractivity contribution in [2.45, 2.75) is 6.54 Å². The monoisotopic (exact) mass is 276 g/mol. The highest BCUT2D eigenvalue weighted by atomic mass is 35.5.